The zero-order valence-electron chi connectivity index (χ0n) is 13.0. The number of nitrogens with one attached hydrogen (secondary N) is 1. The first kappa shape index (κ1) is 16.0. The number of hydrogen-bond acceptors (Lipinski definition) is 4. The molecule has 3 rings (SSSR count). The maximum absolute atomic E-state index is 11.7. The molecule has 0 saturated carbocycles. The molecule has 0 aliphatic carbocycles. The summed E-state index contributed by atoms with van der Waals surface area (Å²) in [7, 11) is 2.88. The van der Waals surface area contributed by atoms with E-state index in [-0.39, 0.29) is 5.91 Å². The monoisotopic (exact) mass is 343 g/mol. The summed E-state index contributed by atoms with van der Waals surface area (Å²) < 4.78 is 6.54. The summed E-state index contributed by atoms with van der Waals surface area (Å²) in [5.41, 5.74) is 3.07. The molecule has 24 heavy (non-hydrogen) atoms. The Bertz CT molecular complexity index is 949. The van der Waals surface area contributed by atoms with Crippen molar-refractivity contribution >= 4 is 34.5 Å². The number of aromatic nitrogens is 2. The number of carbonyl (C=O) groups excluding carboxylic acids is 2. The van der Waals surface area contributed by atoms with Crippen molar-refractivity contribution in [2.75, 3.05) is 14.2 Å². The fourth-order valence-corrected chi connectivity index (χ4v) is 2.70. The van der Waals surface area contributed by atoms with E-state index in [4.69, 9.17) is 16.3 Å². The molecule has 6 nitrogen and oxygen atoms in total. The molecule has 7 heteroatoms. The maximum atomic E-state index is 11.7. The number of ether oxygens (including phenoxy) is 1. The van der Waals surface area contributed by atoms with Crippen molar-refractivity contribution in [3.05, 3.63) is 58.9 Å². The van der Waals surface area contributed by atoms with Crippen LogP contribution in [0.25, 0.3) is 16.7 Å². The van der Waals surface area contributed by atoms with Crippen LogP contribution >= 0.6 is 11.6 Å². The number of imidazole rings is 1. The van der Waals surface area contributed by atoms with E-state index in [1.54, 1.807) is 49.8 Å². The third-order valence-corrected chi connectivity index (χ3v) is 3.98. The number of halogens is 1. The van der Waals surface area contributed by atoms with Crippen LogP contribution in [-0.4, -0.2) is 35.6 Å². The van der Waals surface area contributed by atoms with Gasteiger partial charge in [0, 0.05) is 12.7 Å². The van der Waals surface area contributed by atoms with Gasteiger partial charge >= 0.3 is 5.97 Å². The second-order valence-corrected chi connectivity index (χ2v) is 5.46. The van der Waals surface area contributed by atoms with E-state index in [0.717, 1.165) is 11.2 Å². The Balaban J connectivity index is 2.05. The van der Waals surface area contributed by atoms with Crippen LogP contribution < -0.4 is 5.32 Å². The molecule has 2 aromatic carbocycles. The van der Waals surface area contributed by atoms with Gasteiger partial charge in [0.15, 0.2) is 0 Å². The van der Waals surface area contributed by atoms with Gasteiger partial charge < -0.3 is 10.1 Å². The third kappa shape index (κ3) is 2.72. The van der Waals surface area contributed by atoms with E-state index in [0.29, 0.717) is 21.7 Å². The SMILES string of the molecule is CNC(=O)c1ccc(-n2cnc3cc(C(=O)OC)ccc32)cc1Cl. The zero-order valence-corrected chi connectivity index (χ0v) is 13.8. The van der Waals surface area contributed by atoms with E-state index < -0.39 is 5.97 Å². The molecule has 1 amide bonds. The number of benzene rings is 2. The van der Waals surface area contributed by atoms with E-state index in [9.17, 15) is 9.59 Å². The largest absolute Gasteiger partial charge is 0.465 e. The van der Waals surface area contributed by atoms with Gasteiger partial charge in [-0.3, -0.25) is 9.36 Å². The normalized spacial score (nSPS) is 10.6. The fraction of sp³-hybridized carbons (Fsp3) is 0.118. The van der Waals surface area contributed by atoms with E-state index in [1.807, 2.05) is 4.57 Å². The average molecular weight is 344 g/mol. The van der Waals surface area contributed by atoms with Crippen molar-refractivity contribution in [3.63, 3.8) is 0 Å². The number of amides is 1. The quantitative estimate of drug-likeness (QED) is 0.742. The van der Waals surface area contributed by atoms with Crippen molar-refractivity contribution in [3.8, 4) is 5.69 Å². The lowest BCUT2D eigenvalue weighted by atomic mass is 10.1. The molecule has 0 aliphatic heterocycles. The molecule has 3 aromatic rings. The number of rotatable bonds is 3. The van der Waals surface area contributed by atoms with Crippen molar-refractivity contribution in [2.45, 2.75) is 0 Å². The molecule has 0 radical (unpaired) electrons. The van der Waals surface area contributed by atoms with Crippen molar-refractivity contribution < 1.29 is 14.3 Å². The molecule has 1 aromatic heterocycles. The van der Waals surface area contributed by atoms with Gasteiger partial charge in [-0.15, -0.1) is 0 Å². The van der Waals surface area contributed by atoms with Gasteiger partial charge in [0.1, 0.15) is 6.33 Å². The van der Waals surface area contributed by atoms with Crippen LogP contribution in [0.3, 0.4) is 0 Å². The van der Waals surface area contributed by atoms with Crippen molar-refractivity contribution in [2.24, 2.45) is 0 Å². The second kappa shape index (κ2) is 6.33. The lowest BCUT2D eigenvalue weighted by Crippen LogP contribution is -2.18. The highest BCUT2D eigenvalue weighted by molar-refractivity contribution is 6.34. The van der Waals surface area contributed by atoms with Crippen LogP contribution in [0.4, 0.5) is 0 Å². The number of hydrogen-bond donors (Lipinski definition) is 1. The topological polar surface area (TPSA) is 73.2 Å². The summed E-state index contributed by atoms with van der Waals surface area (Å²) in [5.74, 6) is -0.658. The number of methoxy groups -OCH3 is 1. The number of fused-ring (bicyclic) bond motifs is 1. The fourth-order valence-electron chi connectivity index (χ4n) is 2.44. The Labute approximate surface area is 143 Å². The summed E-state index contributed by atoms with van der Waals surface area (Å²) in [4.78, 5) is 27.6. The minimum atomic E-state index is -0.413. The molecule has 0 unspecified atom stereocenters. The highest BCUT2D eigenvalue weighted by atomic mass is 35.5. The molecular weight excluding hydrogens is 330 g/mol. The lowest BCUT2D eigenvalue weighted by Gasteiger charge is -2.08. The lowest BCUT2D eigenvalue weighted by molar-refractivity contribution is 0.0600. The minimum Gasteiger partial charge on any atom is -0.465 e. The number of carbonyl (C=O) groups is 2. The van der Waals surface area contributed by atoms with Crippen LogP contribution in [0.5, 0.6) is 0 Å². The Morgan fingerprint density at radius 1 is 1.21 bits per heavy atom. The molecule has 0 fully saturated rings. The first-order chi connectivity index (χ1) is 11.5. The molecule has 1 heterocycles. The number of nitrogens with zero attached hydrogens (tertiary/aromatic N) is 2. The third-order valence-electron chi connectivity index (χ3n) is 3.67. The van der Waals surface area contributed by atoms with Gasteiger partial charge in [0.2, 0.25) is 0 Å². The Hall–Kier alpha value is -2.86. The smallest absolute Gasteiger partial charge is 0.337 e. The molecule has 0 aliphatic rings. The van der Waals surface area contributed by atoms with E-state index >= 15 is 0 Å². The molecule has 0 saturated heterocycles. The standard InChI is InChI=1S/C17H14ClN3O3/c1-19-16(22)12-5-4-11(8-13(12)18)21-9-20-14-7-10(17(23)24-2)3-6-15(14)21/h3-9H,1-2H3,(H,19,22). The van der Waals surface area contributed by atoms with Crippen LogP contribution in [0.15, 0.2) is 42.7 Å². The second-order valence-electron chi connectivity index (χ2n) is 5.05. The van der Waals surface area contributed by atoms with Crippen LogP contribution in [0, 0.1) is 0 Å². The first-order valence-electron chi connectivity index (χ1n) is 7.12. The van der Waals surface area contributed by atoms with Gasteiger partial charge in [0.25, 0.3) is 5.91 Å². The van der Waals surface area contributed by atoms with Crippen LogP contribution in [0.2, 0.25) is 5.02 Å². The van der Waals surface area contributed by atoms with Gasteiger partial charge in [-0.05, 0) is 36.4 Å². The zero-order chi connectivity index (χ0) is 17.3. The predicted molar refractivity (Wildman–Crippen MR) is 90.8 cm³/mol. The van der Waals surface area contributed by atoms with Crippen LogP contribution in [-0.2, 0) is 4.74 Å². The molecule has 0 atom stereocenters. The Morgan fingerprint density at radius 3 is 2.67 bits per heavy atom. The van der Waals surface area contributed by atoms with Gasteiger partial charge in [-0.2, -0.15) is 0 Å². The summed E-state index contributed by atoms with van der Waals surface area (Å²) in [5, 5.41) is 2.89. The van der Waals surface area contributed by atoms with Gasteiger partial charge in [-0.1, -0.05) is 11.6 Å². The Morgan fingerprint density at radius 2 is 2.00 bits per heavy atom. The van der Waals surface area contributed by atoms with Gasteiger partial charge in [0.05, 0.1) is 34.3 Å². The highest BCUT2D eigenvalue weighted by Gasteiger charge is 2.13. The first-order valence-corrected chi connectivity index (χ1v) is 7.50. The summed E-state index contributed by atoms with van der Waals surface area (Å²) >= 11 is 6.20. The summed E-state index contributed by atoms with van der Waals surface area (Å²) in [6.45, 7) is 0. The van der Waals surface area contributed by atoms with Crippen molar-refractivity contribution in [1.29, 1.82) is 0 Å². The van der Waals surface area contributed by atoms with Gasteiger partial charge in [-0.25, -0.2) is 9.78 Å². The van der Waals surface area contributed by atoms with E-state index in [1.165, 1.54) is 7.11 Å². The predicted octanol–water partition coefficient (Wildman–Crippen LogP) is 2.83. The van der Waals surface area contributed by atoms with Crippen LogP contribution in [0.1, 0.15) is 20.7 Å². The molecule has 1 N–H and O–H groups in total. The number of esters is 1. The summed E-state index contributed by atoms with van der Waals surface area (Å²) in [6.07, 6.45) is 1.64. The van der Waals surface area contributed by atoms with E-state index in [2.05, 4.69) is 10.3 Å². The Kier molecular flexibility index (Phi) is 4.22. The highest BCUT2D eigenvalue weighted by Crippen LogP contribution is 2.24. The molecular formula is C17H14ClN3O3. The maximum Gasteiger partial charge on any atom is 0.337 e. The summed E-state index contributed by atoms with van der Waals surface area (Å²) in [6, 6.07) is 10.3. The molecule has 0 bridgehead atoms. The molecule has 0 spiro atoms. The minimum absolute atomic E-state index is 0.246. The average Bonchev–Trinajstić information content (AvgIpc) is 3.03. The van der Waals surface area contributed by atoms with Crippen molar-refractivity contribution in [1.82, 2.24) is 14.9 Å². The molecule has 122 valence electrons.